The van der Waals surface area contributed by atoms with Gasteiger partial charge in [0.15, 0.2) is 0 Å². The highest BCUT2D eigenvalue weighted by Crippen LogP contribution is 2.36. The first-order valence-electron chi connectivity index (χ1n) is 6.19. The predicted octanol–water partition coefficient (Wildman–Crippen LogP) is 1.09. The second-order valence-corrected chi connectivity index (χ2v) is 5.28. The fourth-order valence-electron chi connectivity index (χ4n) is 2.83. The Morgan fingerprint density at radius 1 is 1.27 bits per heavy atom. The molecule has 1 aliphatic carbocycles. The summed E-state index contributed by atoms with van der Waals surface area (Å²) in [6, 6.07) is 1.90. The van der Waals surface area contributed by atoms with Crippen molar-refractivity contribution in [2.75, 3.05) is 26.8 Å². The van der Waals surface area contributed by atoms with Crippen LogP contribution in [0.5, 0.6) is 0 Å². The first-order chi connectivity index (χ1) is 7.20. The van der Waals surface area contributed by atoms with Gasteiger partial charge in [-0.2, -0.15) is 0 Å². The summed E-state index contributed by atoms with van der Waals surface area (Å²) in [7, 11) is 1.82. The number of ether oxygens (including phenoxy) is 1. The minimum atomic E-state index is 0.617. The number of piperazine rings is 1. The zero-order valence-corrected chi connectivity index (χ0v) is 10.2. The lowest BCUT2D eigenvalue weighted by atomic mass is 10.1. The standard InChI is InChI=1S/C12H24N2O/c1-9-6-14(7-10(2)13-9)12(8-15-3)11-4-5-11/h9-13H,4-8H2,1-3H3. The molecule has 15 heavy (non-hydrogen) atoms. The van der Waals surface area contributed by atoms with E-state index in [0.717, 1.165) is 12.5 Å². The average molecular weight is 212 g/mol. The third-order valence-corrected chi connectivity index (χ3v) is 3.56. The number of nitrogens with zero attached hydrogens (tertiary/aromatic N) is 1. The van der Waals surface area contributed by atoms with Crippen LogP contribution < -0.4 is 5.32 Å². The van der Waals surface area contributed by atoms with Crippen molar-refractivity contribution in [1.82, 2.24) is 10.2 Å². The third kappa shape index (κ3) is 2.92. The van der Waals surface area contributed by atoms with Gasteiger partial charge in [0, 0.05) is 38.3 Å². The monoisotopic (exact) mass is 212 g/mol. The maximum Gasteiger partial charge on any atom is 0.0620 e. The minimum Gasteiger partial charge on any atom is -0.383 e. The van der Waals surface area contributed by atoms with Gasteiger partial charge < -0.3 is 10.1 Å². The van der Waals surface area contributed by atoms with E-state index in [2.05, 4.69) is 24.1 Å². The molecule has 1 saturated heterocycles. The van der Waals surface area contributed by atoms with Crippen molar-refractivity contribution in [3.05, 3.63) is 0 Å². The summed E-state index contributed by atoms with van der Waals surface area (Å²) in [5, 5.41) is 3.58. The van der Waals surface area contributed by atoms with Crippen LogP contribution in [0.1, 0.15) is 26.7 Å². The zero-order valence-electron chi connectivity index (χ0n) is 10.2. The fraction of sp³-hybridized carbons (Fsp3) is 1.00. The molecule has 0 radical (unpaired) electrons. The fourth-order valence-corrected chi connectivity index (χ4v) is 2.83. The normalized spacial score (nSPS) is 35.4. The number of nitrogens with one attached hydrogen (secondary N) is 1. The molecule has 1 aliphatic heterocycles. The van der Waals surface area contributed by atoms with Crippen LogP contribution in [0.25, 0.3) is 0 Å². The third-order valence-electron chi connectivity index (χ3n) is 3.56. The molecule has 1 saturated carbocycles. The highest BCUT2D eigenvalue weighted by Gasteiger charge is 2.37. The molecule has 0 amide bonds. The van der Waals surface area contributed by atoms with Crippen LogP contribution >= 0.6 is 0 Å². The molecular formula is C12H24N2O. The highest BCUT2D eigenvalue weighted by atomic mass is 16.5. The van der Waals surface area contributed by atoms with Crippen LogP contribution in [0.4, 0.5) is 0 Å². The van der Waals surface area contributed by atoms with E-state index in [1.807, 2.05) is 7.11 Å². The number of hydrogen-bond acceptors (Lipinski definition) is 3. The lowest BCUT2D eigenvalue weighted by molar-refractivity contribution is 0.0490. The van der Waals surface area contributed by atoms with Gasteiger partial charge in [0.05, 0.1) is 6.61 Å². The summed E-state index contributed by atoms with van der Waals surface area (Å²) < 4.78 is 5.37. The van der Waals surface area contributed by atoms with Gasteiger partial charge in [-0.15, -0.1) is 0 Å². The van der Waals surface area contributed by atoms with Gasteiger partial charge in [-0.3, -0.25) is 4.90 Å². The lowest BCUT2D eigenvalue weighted by Gasteiger charge is -2.40. The number of hydrogen-bond donors (Lipinski definition) is 1. The van der Waals surface area contributed by atoms with E-state index in [0.29, 0.717) is 18.1 Å². The van der Waals surface area contributed by atoms with Crippen molar-refractivity contribution < 1.29 is 4.74 Å². The smallest absolute Gasteiger partial charge is 0.0620 e. The molecule has 0 bridgehead atoms. The highest BCUT2D eigenvalue weighted by molar-refractivity contribution is 4.92. The Kier molecular flexibility index (Phi) is 3.65. The summed E-state index contributed by atoms with van der Waals surface area (Å²) in [5.74, 6) is 0.905. The molecule has 3 unspecified atom stereocenters. The van der Waals surface area contributed by atoms with Crippen LogP contribution in [-0.4, -0.2) is 49.8 Å². The van der Waals surface area contributed by atoms with E-state index < -0.39 is 0 Å². The molecule has 2 fully saturated rings. The maximum absolute atomic E-state index is 5.37. The van der Waals surface area contributed by atoms with Crippen LogP contribution in [0.15, 0.2) is 0 Å². The van der Waals surface area contributed by atoms with E-state index >= 15 is 0 Å². The summed E-state index contributed by atoms with van der Waals surface area (Å²) in [6.45, 7) is 7.81. The first kappa shape index (κ1) is 11.4. The van der Waals surface area contributed by atoms with Crippen LogP contribution in [0, 0.1) is 5.92 Å². The Morgan fingerprint density at radius 3 is 2.33 bits per heavy atom. The molecule has 3 heteroatoms. The maximum atomic E-state index is 5.37. The van der Waals surface area contributed by atoms with Crippen LogP contribution in [0.2, 0.25) is 0 Å². The average Bonchev–Trinajstić information content (AvgIpc) is 2.95. The second-order valence-electron chi connectivity index (χ2n) is 5.28. The zero-order chi connectivity index (χ0) is 10.8. The molecule has 3 atom stereocenters. The summed E-state index contributed by atoms with van der Waals surface area (Å²) >= 11 is 0. The topological polar surface area (TPSA) is 24.5 Å². The Hall–Kier alpha value is -0.120. The molecule has 0 aromatic rings. The Bertz CT molecular complexity index is 196. The van der Waals surface area contributed by atoms with Gasteiger partial charge in [0.1, 0.15) is 0 Å². The quantitative estimate of drug-likeness (QED) is 0.755. The molecule has 1 heterocycles. The van der Waals surface area contributed by atoms with E-state index in [1.165, 1.54) is 25.9 Å². The van der Waals surface area contributed by atoms with Gasteiger partial charge in [-0.1, -0.05) is 0 Å². The molecule has 0 aromatic heterocycles. The lowest BCUT2D eigenvalue weighted by Crippen LogP contribution is -2.58. The molecule has 88 valence electrons. The first-order valence-corrected chi connectivity index (χ1v) is 6.19. The molecule has 2 rings (SSSR count). The van der Waals surface area contributed by atoms with E-state index in [-0.39, 0.29) is 0 Å². The van der Waals surface area contributed by atoms with Gasteiger partial charge in [-0.05, 0) is 32.6 Å². The van der Waals surface area contributed by atoms with E-state index in [4.69, 9.17) is 4.74 Å². The summed E-state index contributed by atoms with van der Waals surface area (Å²) in [5.41, 5.74) is 0. The van der Waals surface area contributed by atoms with Crippen molar-refractivity contribution in [2.45, 2.75) is 44.8 Å². The van der Waals surface area contributed by atoms with Crippen molar-refractivity contribution in [3.8, 4) is 0 Å². The Balaban J connectivity index is 1.93. The van der Waals surface area contributed by atoms with Crippen LogP contribution in [-0.2, 0) is 4.74 Å². The van der Waals surface area contributed by atoms with Crippen molar-refractivity contribution in [3.63, 3.8) is 0 Å². The van der Waals surface area contributed by atoms with Gasteiger partial charge in [0.2, 0.25) is 0 Å². The largest absolute Gasteiger partial charge is 0.383 e. The Labute approximate surface area is 93.2 Å². The molecule has 1 N–H and O–H groups in total. The molecule has 0 aromatic carbocycles. The van der Waals surface area contributed by atoms with Crippen molar-refractivity contribution >= 4 is 0 Å². The van der Waals surface area contributed by atoms with Gasteiger partial charge >= 0.3 is 0 Å². The molecule has 3 nitrogen and oxygen atoms in total. The number of methoxy groups -OCH3 is 1. The molecule has 0 spiro atoms. The van der Waals surface area contributed by atoms with Crippen molar-refractivity contribution in [1.29, 1.82) is 0 Å². The summed E-state index contributed by atoms with van der Waals surface area (Å²) in [4.78, 5) is 2.63. The molecule has 2 aliphatic rings. The Morgan fingerprint density at radius 2 is 1.87 bits per heavy atom. The second kappa shape index (κ2) is 4.81. The van der Waals surface area contributed by atoms with Crippen molar-refractivity contribution in [2.24, 2.45) is 5.92 Å². The van der Waals surface area contributed by atoms with E-state index in [1.54, 1.807) is 0 Å². The van der Waals surface area contributed by atoms with E-state index in [9.17, 15) is 0 Å². The number of rotatable bonds is 4. The van der Waals surface area contributed by atoms with Gasteiger partial charge in [0.25, 0.3) is 0 Å². The minimum absolute atomic E-state index is 0.617. The van der Waals surface area contributed by atoms with Gasteiger partial charge in [-0.25, -0.2) is 0 Å². The predicted molar refractivity (Wildman–Crippen MR) is 62.0 cm³/mol. The van der Waals surface area contributed by atoms with Crippen LogP contribution in [0.3, 0.4) is 0 Å². The summed E-state index contributed by atoms with van der Waals surface area (Å²) in [6.07, 6.45) is 2.81. The molecular weight excluding hydrogens is 188 g/mol. The SMILES string of the molecule is COCC(C1CC1)N1CC(C)NC(C)C1.